The van der Waals surface area contributed by atoms with Gasteiger partial charge in [0.15, 0.2) is 0 Å². The quantitative estimate of drug-likeness (QED) is 0.0560. The summed E-state index contributed by atoms with van der Waals surface area (Å²) >= 11 is 0. The van der Waals surface area contributed by atoms with Crippen LogP contribution < -0.4 is 10.6 Å². The van der Waals surface area contributed by atoms with Crippen LogP contribution in [0, 0.1) is 0 Å². The second-order valence-corrected chi connectivity index (χ2v) is 10.5. The van der Waals surface area contributed by atoms with Crippen molar-refractivity contribution in [3.8, 4) is 0 Å². The molecule has 2 rings (SSSR count). The Morgan fingerprint density at radius 1 is 0.818 bits per heavy atom. The lowest BCUT2D eigenvalue weighted by Crippen LogP contribution is -2.40. The molecule has 3 atom stereocenters. The Bertz CT molecular complexity index is 1250. The number of carbonyl (C=O) groups excluding carboxylic acids is 4. The summed E-state index contributed by atoms with van der Waals surface area (Å²) in [7, 11) is -6.97. The highest BCUT2D eigenvalue weighted by atomic mass is 31.1. The van der Waals surface area contributed by atoms with E-state index in [0.717, 1.165) is 11.1 Å². The molecule has 0 aromatic heterocycles. The molecule has 0 aliphatic carbocycles. The second kappa shape index (κ2) is 19.4. The maximum atomic E-state index is 12.5. The van der Waals surface area contributed by atoms with Crippen molar-refractivity contribution in [3.63, 3.8) is 0 Å². The molecule has 0 saturated heterocycles. The molecule has 2 aromatic rings. The van der Waals surface area contributed by atoms with Crippen molar-refractivity contribution < 1.29 is 61.4 Å². The Labute approximate surface area is 255 Å². The van der Waals surface area contributed by atoms with Crippen molar-refractivity contribution in [2.24, 2.45) is 0 Å². The molecule has 17 heteroatoms. The molecule has 2 unspecified atom stereocenters. The summed E-state index contributed by atoms with van der Waals surface area (Å²) in [5.41, 5.74) is 1.53. The first-order valence-electron chi connectivity index (χ1n) is 13.3. The third-order valence-corrected chi connectivity index (χ3v) is 6.45. The van der Waals surface area contributed by atoms with Crippen molar-refractivity contribution in [1.82, 2.24) is 10.6 Å². The minimum atomic E-state index is -3.48. The number of alkyl carbamates (subject to hydrolysis) is 1. The Morgan fingerprint density at radius 3 is 1.91 bits per heavy atom. The molecular weight excluding hydrogens is 622 g/mol. The molecule has 0 bridgehead atoms. The molecular formula is C27H34N2O13P2+2. The van der Waals surface area contributed by atoms with Gasteiger partial charge in [0.1, 0.15) is 19.3 Å². The Hall–Kier alpha value is -3.84. The third kappa shape index (κ3) is 15.1. The summed E-state index contributed by atoms with van der Waals surface area (Å²) in [6.07, 6.45) is -2.15. The molecule has 238 valence electrons. The largest absolute Gasteiger partial charge is 0.701 e. The smallest absolute Gasteiger partial charge is 0.459 e. The van der Waals surface area contributed by atoms with Crippen LogP contribution in [0.5, 0.6) is 0 Å². The number of amides is 2. The van der Waals surface area contributed by atoms with Crippen LogP contribution in [0.25, 0.3) is 0 Å². The van der Waals surface area contributed by atoms with Crippen LogP contribution in [0.3, 0.4) is 0 Å². The first-order chi connectivity index (χ1) is 21.0. The average Bonchev–Trinajstić information content (AvgIpc) is 2.97. The summed E-state index contributed by atoms with van der Waals surface area (Å²) in [6, 6.07) is 16.9. The van der Waals surface area contributed by atoms with Gasteiger partial charge in [0.2, 0.25) is 5.91 Å². The maximum absolute atomic E-state index is 12.5. The lowest BCUT2D eigenvalue weighted by Gasteiger charge is -2.21. The van der Waals surface area contributed by atoms with Gasteiger partial charge >= 0.3 is 40.5 Å². The van der Waals surface area contributed by atoms with Gasteiger partial charge in [0, 0.05) is 28.5 Å². The van der Waals surface area contributed by atoms with Gasteiger partial charge in [-0.3, -0.25) is 9.59 Å². The van der Waals surface area contributed by atoms with E-state index in [2.05, 4.69) is 19.7 Å². The van der Waals surface area contributed by atoms with Crippen LogP contribution in [0.1, 0.15) is 50.2 Å². The number of benzene rings is 2. The van der Waals surface area contributed by atoms with E-state index in [-0.39, 0.29) is 39.0 Å². The van der Waals surface area contributed by atoms with Gasteiger partial charge in [-0.2, -0.15) is 0 Å². The zero-order chi connectivity index (χ0) is 32.4. The zero-order valence-electron chi connectivity index (χ0n) is 23.8. The lowest BCUT2D eigenvalue weighted by molar-refractivity contribution is -0.289. The molecule has 2 aromatic carbocycles. The van der Waals surface area contributed by atoms with Crippen LogP contribution in [-0.2, 0) is 60.0 Å². The van der Waals surface area contributed by atoms with Crippen molar-refractivity contribution >= 4 is 40.4 Å². The van der Waals surface area contributed by atoms with E-state index < -0.39 is 65.3 Å². The van der Waals surface area contributed by atoms with E-state index in [1.54, 1.807) is 54.6 Å². The Balaban J connectivity index is 1.80. The fourth-order valence-electron chi connectivity index (χ4n) is 3.55. The first-order valence-corrected chi connectivity index (χ1v) is 15.6. The number of rotatable bonds is 19. The highest BCUT2D eigenvalue weighted by Crippen LogP contribution is 2.39. The molecule has 2 amide bonds. The minimum absolute atomic E-state index is 0.00566. The maximum Gasteiger partial charge on any atom is 0.701 e. The predicted octanol–water partition coefficient (Wildman–Crippen LogP) is 3.64. The summed E-state index contributed by atoms with van der Waals surface area (Å²) in [4.78, 5) is 67.3. The molecule has 15 nitrogen and oxygen atoms in total. The summed E-state index contributed by atoms with van der Waals surface area (Å²) in [6.45, 7) is 1.36. The normalized spacial score (nSPS) is 13.4. The van der Waals surface area contributed by atoms with E-state index in [1.807, 2.05) is 6.07 Å². The van der Waals surface area contributed by atoms with Crippen LogP contribution in [-0.4, -0.2) is 52.3 Å². The molecule has 0 fully saturated rings. The molecule has 44 heavy (non-hydrogen) atoms. The standard InChI is InChI=1S/C27H32N2O13P2/c1-20(25(32)38-18-21-10-4-2-5-11-21)29-23(30)14-8-15-24(31)40-27(41-43(34)35,42-44(36)37)16-9-17-28-26(33)39-19-22-12-6-3-7-13-22/h2-7,10-13,20H,8-9,14-19H2,1H3,(H2-2,28,29,30,33,34,35,36,37)/p+2/t20-/m0/s1. The Kier molecular flexibility index (Phi) is 16.1. The van der Waals surface area contributed by atoms with Gasteiger partial charge in [-0.25, -0.2) is 9.59 Å². The molecule has 0 spiro atoms. The minimum Gasteiger partial charge on any atom is -0.459 e. The van der Waals surface area contributed by atoms with Crippen molar-refractivity contribution in [3.05, 3.63) is 71.8 Å². The SMILES string of the molecule is C[C@H](NC(=O)CCCC(=O)OC(CCCNC(=O)OCc1ccccc1)(O[P+](=O)O)O[P+](=O)O)C(=O)OCc1ccccc1. The molecule has 0 aliphatic rings. The van der Waals surface area contributed by atoms with Gasteiger partial charge in [-0.1, -0.05) is 60.7 Å². The topological polar surface area (TPSA) is 213 Å². The molecule has 0 saturated carbocycles. The van der Waals surface area contributed by atoms with E-state index >= 15 is 0 Å². The number of hydrogen-bond acceptors (Lipinski definition) is 11. The van der Waals surface area contributed by atoms with Gasteiger partial charge in [0.05, 0.1) is 6.42 Å². The highest BCUT2D eigenvalue weighted by Gasteiger charge is 2.53. The van der Waals surface area contributed by atoms with Crippen LogP contribution in [0.4, 0.5) is 4.79 Å². The molecule has 0 heterocycles. The number of nitrogens with one attached hydrogen (secondary N) is 2. The van der Waals surface area contributed by atoms with Crippen molar-refractivity contribution in [1.29, 1.82) is 0 Å². The average molecular weight is 657 g/mol. The number of ether oxygens (including phenoxy) is 3. The molecule has 4 N–H and O–H groups in total. The number of carbonyl (C=O) groups is 4. The number of esters is 2. The summed E-state index contributed by atoms with van der Waals surface area (Å²) < 4.78 is 47.4. The Morgan fingerprint density at radius 2 is 1.36 bits per heavy atom. The fraction of sp³-hybridized carbons (Fsp3) is 0.407. The van der Waals surface area contributed by atoms with E-state index in [9.17, 15) is 38.1 Å². The predicted molar refractivity (Wildman–Crippen MR) is 152 cm³/mol. The fourth-order valence-corrected chi connectivity index (χ4v) is 4.41. The monoisotopic (exact) mass is 656 g/mol. The highest BCUT2D eigenvalue weighted by molar-refractivity contribution is 7.33. The van der Waals surface area contributed by atoms with Gasteiger partial charge in [0.25, 0.3) is 0 Å². The summed E-state index contributed by atoms with van der Waals surface area (Å²) in [5.74, 6) is -5.05. The lowest BCUT2D eigenvalue weighted by atomic mass is 10.2. The molecule has 0 aliphatic heterocycles. The number of hydrogen-bond donors (Lipinski definition) is 4. The van der Waals surface area contributed by atoms with E-state index in [1.165, 1.54) is 6.92 Å². The zero-order valence-corrected chi connectivity index (χ0v) is 25.6. The van der Waals surface area contributed by atoms with Crippen molar-refractivity contribution in [2.45, 2.75) is 64.3 Å². The third-order valence-electron chi connectivity index (χ3n) is 5.59. The first kappa shape index (κ1) is 36.4. The van der Waals surface area contributed by atoms with Crippen LogP contribution in [0.2, 0.25) is 0 Å². The van der Waals surface area contributed by atoms with E-state index in [4.69, 9.17) is 14.2 Å². The molecule has 0 radical (unpaired) electrons. The van der Waals surface area contributed by atoms with Crippen LogP contribution in [0.15, 0.2) is 60.7 Å². The van der Waals surface area contributed by atoms with Crippen molar-refractivity contribution in [2.75, 3.05) is 6.54 Å². The van der Waals surface area contributed by atoms with E-state index in [0.29, 0.717) is 0 Å². The van der Waals surface area contributed by atoms with Gasteiger partial charge < -0.3 is 24.8 Å². The summed E-state index contributed by atoms with van der Waals surface area (Å²) in [5, 5.41) is 4.86. The second-order valence-electron chi connectivity index (χ2n) is 9.14. The van der Waals surface area contributed by atoms with Crippen LogP contribution >= 0.6 is 16.5 Å². The van der Waals surface area contributed by atoms with Gasteiger partial charge in [-0.15, -0.1) is 9.79 Å². The van der Waals surface area contributed by atoms with Gasteiger partial charge in [-0.05, 0) is 39.9 Å².